The van der Waals surface area contributed by atoms with Crippen LogP contribution in [-0.2, 0) is 0 Å². The zero-order valence-corrected chi connectivity index (χ0v) is 22.4. The molecule has 1 aromatic carbocycles. The second-order valence-corrected chi connectivity index (χ2v) is 11.5. The third-order valence-electron chi connectivity index (χ3n) is 8.22. The molecule has 0 radical (unpaired) electrons. The Bertz CT molecular complexity index is 1370. The van der Waals surface area contributed by atoms with Crippen molar-refractivity contribution in [3.8, 4) is 16.3 Å². The van der Waals surface area contributed by atoms with E-state index in [9.17, 15) is 4.79 Å². The highest BCUT2D eigenvalue weighted by atomic mass is 32.1. The number of nitrogens with one attached hydrogen (secondary N) is 1. The van der Waals surface area contributed by atoms with Crippen molar-refractivity contribution < 1.29 is 4.79 Å². The Labute approximate surface area is 222 Å². The number of hydrogen-bond donors (Lipinski definition) is 1. The van der Waals surface area contributed by atoms with Crippen LogP contribution in [0.2, 0.25) is 0 Å². The van der Waals surface area contributed by atoms with Crippen molar-refractivity contribution in [1.29, 1.82) is 0 Å². The van der Waals surface area contributed by atoms with E-state index in [0.29, 0.717) is 12.1 Å². The standard InChI is InChI=1S/C30H35N5OS/c1-22-27-24(29(36)31-21-30(15-7-3-8-16-30)34-17-9-4-10-18-34)20-25(26-14-11-19-37-26)32-28(27)35(33-22)23-12-5-2-6-13-23/h2,5-6,11-14,19-20H,3-4,7-10,15-18,21H2,1H3,(H,31,36). The Morgan fingerprint density at radius 2 is 1.76 bits per heavy atom. The summed E-state index contributed by atoms with van der Waals surface area (Å²) >= 11 is 1.64. The van der Waals surface area contributed by atoms with Crippen molar-refractivity contribution in [1.82, 2.24) is 25.0 Å². The van der Waals surface area contributed by atoms with Gasteiger partial charge in [0.05, 0.1) is 32.9 Å². The highest BCUT2D eigenvalue weighted by Crippen LogP contribution is 2.36. The molecule has 1 N–H and O–H groups in total. The van der Waals surface area contributed by atoms with Gasteiger partial charge in [0, 0.05) is 12.1 Å². The number of para-hydroxylation sites is 1. The summed E-state index contributed by atoms with van der Waals surface area (Å²) in [7, 11) is 0. The minimum atomic E-state index is -0.0251. The summed E-state index contributed by atoms with van der Waals surface area (Å²) in [6.07, 6.45) is 10.00. The average molecular weight is 514 g/mol. The first-order chi connectivity index (χ1) is 18.1. The van der Waals surface area contributed by atoms with Gasteiger partial charge in [-0.05, 0) is 75.3 Å². The quantitative estimate of drug-likeness (QED) is 0.325. The van der Waals surface area contributed by atoms with E-state index in [1.807, 2.05) is 59.5 Å². The van der Waals surface area contributed by atoms with E-state index in [0.717, 1.165) is 46.1 Å². The molecule has 1 aliphatic carbocycles. The van der Waals surface area contributed by atoms with E-state index in [4.69, 9.17) is 10.1 Å². The van der Waals surface area contributed by atoms with Crippen molar-refractivity contribution in [3.63, 3.8) is 0 Å². The number of aryl methyl sites for hydroxylation is 1. The molecule has 1 amide bonds. The van der Waals surface area contributed by atoms with Gasteiger partial charge in [-0.2, -0.15) is 5.10 Å². The maximum Gasteiger partial charge on any atom is 0.252 e. The van der Waals surface area contributed by atoms with Crippen LogP contribution in [0.5, 0.6) is 0 Å². The molecule has 2 aliphatic rings. The van der Waals surface area contributed by atoms with E-state index >= 15 is 0 Å². The van der Waals surface area contributed by atoms with E-state index in [-0.39, 0.29) is 11.4 Å². The van der Waals surface area contributed by atoms with Crippen LogP contribution in [0.3, 0.4) is 0 Å². The molecule has 0 unspecified atom stereocenters. The molecule has 0 spiro atoms. The van der Waals surface area contributed by atoms with Crippen LogP contribution in [0.1, 0.15) is 67.4 Å². The molecule has 37 heavy (non-hydrogen) atoms. The molecule has 1 saturated carbocycles. The lowest BCUT2D eigenvalue weighted by atomic mass is 9.79. The van der Waals surface area contributed by atoms with Gasteiger partial charge in [0.25, 0.3) is 5.91 Å². The number of fused-ring (bicyclic) bond motifs is 1. The maximum atomic E-state index is 14.0. The third kappa shape index (κ3) is 4.71. The molecule has 4 aromatic rings. The summed E-state index contributed by atoms with van der Waals surface area (Å²) in [5, 5.41) is 11.1. The van der Waals surface area contributed by atoms with Crippen LogP contribution in [0.4, 0.5) is 0 Å². The van der Waals surface area contributed by atoms with Gasteiger partial charge in [0.15, 0.2) is 5.65 Å². The van der Waals surface area contributed by atoms with Gasteiger partial charge < -0.3 is 5.32 Å². The summed E-state index contributed by atoms with van der Waals surface area (Å²) in [6.45, 7) is 4.99. The predicted octanol–water partition coefficient (Wildman–Crippen LogP) is 6.38. The highest BCUT2D eigenvalue weighted by Gasteiger charge is 2.38. The Morgan fingerprint density at radius 1 is 1.00 bits per heavy atom. The number of carbonyl (C=O) groups is 1. The molecule has 6 nitrogen and oxygen atoms in total. The number of carbonyl (C=O) groups excluding carboxylic acids is 1. The number of nitrogens with zero attached hydrogens (tertiary/aromatic N) is 4. The number of thiophene rings is 1. The zero-order valence-electron chi connectivity index (χ0n) is 21.6. The van der Waals surface area contributed by atoms with Crippen LogP contribution in [0.25, 0.3) is 27.3 Å². The molecule has 192 valence electrons. The molecular weight excluding hydrogens is 478 g/mol. The van der Waals surface area contributed by atoms with E-state index < -0.39 is 0 Å². The molecule has 6 rings (SSSR count). The van der Waals surface area contributed by atoms with Gasteiger partial charge in [-0.3, -0.25) is 9.69 Å². The lowest BCUT2D eigenvalue weighted by Crippen LogP contribution is -2.58. The van der Waals surface area contributed by atoms with Crippen molar-refractivity contribution in [2.24, 2.45) is 0 Å². The number of piperidine rings is 1. The van der Waals surface area contributed by atoms with Crippen molar-refractivity contribution in [3.05, 3.63) is 65.2 Å². The Morgan fingerprint density at radius 3 is 2.49 bits per heavy atom. The van der Waals surface area contributed by atoms with Crippen LogP contribution in [-0.4, -0.2) is 50.7 Å². The van der Waals surface area contributed by atoms with Crippen LogP contribution in [0, 0.1) is 6.92 Å². The molecular formula is C30H35N5OS. The third-order valence-corrected chi connectivity index (χ3v) is 9.11. The monoisotopic (exact) mass is 513 g/mol. The summed E-state index contributed by atoms with van der Waals surface area (Å²) in [5.74, 6) is -0.0251. The van der Waals surface area contributed by atoms with Gasteiger partial charge in [-0.25, -0.2) is 9.67 Å². The van der Waals surface area contributed by atoms with Crippen molar-refractivity contribution >= 4 is 28.3 Å². The lowest BCUT2D eigenvalue weighted by Gasteiger charge is -2.48. The number of rotatable bonds is 6. The molecule has 1 saturated heterocycles. The Kier molecular flexibility index (Phi) is 6.82. The number of pyridine rings is 1. The van der Waals surface area contributed by atoms with Crippen molar-refractivity contribution in [2.45, 2.75) is 63.8 Å². The Balaban J connectivity index is 1.38. The summed E-state index contributed by atoms with van der Waals surface area (Å²) in [5.41, 5.74) is 4.04. The van der Waals surface area contributed by atoms with E-state index in [1.165, 1.54) is 51.4 Å². The molecule has 3 aromatic heterocycles. The summed E-state index contributed by atoms with van der Waals surface area (Å²) in [6, 6.07) is 16.1. The van der Waals surface area contributed by atoms with Gasteiger partial charge >= 0.3 is 0 Å². The maximum absolute atomic E-state index is 14.0. The predicted molar refractivity (Wildman–Crippen MR) is 150 cm³/mol. The summed E-state index contributed by atoms with van der Waals surface area (Å²) in [4.78, 5) is 22.7. The van der Waals surface area contributed by atoms with Gasteiger partial charge in [-0.1, -0.05) is 49.9 Å². The normalized spacial score (nSPS) is 18.2. The molecule has 7 heteroatoms. The largest absolute Gasteiger partial charge is 0.350 e. The highest BCUT2D eigenvalue weighted by molar-refractivity contribution is 7.13. The van der Waals surface area contributed by atoms with Gasteiger partial charge in [0.1, 0.15) is 0 Å². The van der Waals surface area contributed by atoms with Gasteiger partial charge in [0.2, 0.25) is 0 Å². The topological polar surface area (TPSA) is 63.1 Å². The second-order valence-electron chi connectivity index (χ2n) is 10.6. The zero-order chi connectivity index (χ0) is 25.2. The first-order valence-electron chi connectivity index (χ1n) is 13.7. The molecule has 4 heterocycles. The van der Waals surface area contributed by atoms with Crippen LogP contribution < -0.4 is 5.32 Å². The SMILES string of the molecule is Cc1nn(-c2ccccc2)c2nc(-c3cccs3)cc(C(=O)NCC3(N4CCCCC4)CCCCC3)c12. The molecule has 0 atom stereocenters. The number of amides is 1. The lowest BCUT2D eigenvalue weighted by molar-refractivity contribution is 0.0327. The number of hydrogen-bond acceptors (Lipinski definition) is 5. The first kappa shape index (κ1) is 24.3. The minimum absolute atomic E-state index is 0.0251. The molecule has 2 fully saturated rings. The van der Waals surface area contributed by atoms with E-state index in [1.54, 1.807) is 11.3 Å². The molecule has 1 aliphatic heterocycles. The summed E-state index contributed by atoms with van der Waals surface area (Å²) < 4.78 is 1.87. The number of aromatic nitrogens is 3. The average Bonchev–Trinajstić information content (AvgIpc) is 3.61. The fourth-order valence-electron chi connectivity index (χ4n) is 6.29. The fourth-order valence-corrected chi connectivity index (χ4v) is 6.98. The van der Waals surface area contributed by atoms with Crippen molar-refractivity contribution in [2.75, 3.05) is 19.6 Å². The number of benzene rings is 1. The van der Waals surface area contributed by atoms with Crippen LogP contribution >= 0.6 is 11.3 Å². The molecule has 0 bridgehead atoms. The number of likely N-dealkylation sites (tertiary alicyclic amines) is 1. The van der Waals surface area contributed by atoms with E-state index in [2.05, 4.69) is 16.3 Å². The van der Waals surface area contributed by atoms with Crippen LogP contribution in [0.15, 0.2) is 53.9 Å². The Hall–Kier alpha value is -3.03. The van der Waals surface area contributed by atoms with Gasteiger partial charge in [-0.15, -0.1) is 11.3 Å². The minimum Gasteiger partial charge on any atom is -0.350 e. The smallest absolute Gasteiger partial charge is 0.252 e. The fraction of sp³-hybridized carbons (Fsp3) is 0.433. The second kappa shape index (κ2) is 10.4. The first-order valence-corrected chi connectivity index (χ1v) is 14.6.